The molecule has 16 heavy (non-hydrogen) atoms. The summed E-state index contributed by atoms with van der Waals surface area (Å²) in [5.74, 6) is 7.19. The highest BCUT2D eigenvalue weighted by Crippen LogP contribution is 2.31. The van der Waals surface area contributed by atoms with Crippen LogP contribution in [-0.4, -0.2) is 14.7 Å². The number of nitrogens with zero attached hydrogens (tertiary/aromatic N) is 2. The quantitative estimate of drug-likeness (QED) is 0.368. The fourth-order valence-corrected chi connectivity index (χ4v) is 2.08. The van der Waals surface area contributed by atoms with Gasteiger partial charge in [-0.3, -0.25) is 0 Å². The predicted molar refractivity (Wildman–Crippen MR) is 69.5 cm³/mol. The Hall–Kier alpha value is -0.810. The maximum absolute atomic E-state index is 5.40. The Kier molecular flexibility index (Phi) is 4.15. The van der Waals surface area contributed by atoms with E-state index in [1.807, 2.05) is 6.07 Å². The standard InChI is InChI=1S/C11H20N4S/c1-7(2)10-13-8(15-12)6-9(14-10)16-11(3,4)5/h6-7H,12H2,1-5H3,(H,13,14,15). The lowest BCUT2D eigenvalue weighted by atomic mass is 10.2. The zero-order chi connectivity index (χ0) is 12.3. The summed E-state index contributed by atoms with van der Waals surface area (Å²) >= 11 is 1.72. The second-order valence-electron chi connectivity index (χ2n) is 4.96. The summed E-state index contributed by atoms with van der Waals surface area (Å²) in [5, 5.41) is 0.958. The van der Waals surface area contributed by atoms with E-state index in [0.29, 0.717) is 11.7 Å². The van der Waals surface area contributed by atoms with E-state index in [2.05, 4.69) is 50.0 Å². The molecule has 1 aromatic rings. The molecule has 0 atom stereocenters. The average molecular weight is 240 g/mol. The first-order valence-corrected chi connectivity index (χ1v) is 6.18. The van der Waals surface area contributed by atoms with Crippen molar-refractivity contribution in [3.63, 3.8) is 0 Å². The minimum absolute atomic E-state index is 0.133. The molecule has 0 radical (unpaired) electrons. The van der Waals surface area contributed by atoms with Crippen molar-refractivity contribution in [1.29, 1.82) is 0 Å². The second-order valence-corrected chi connectivity index (χ2v) is 6.81. The lowest BCUT2D eigenvalue weighted by molar-refractivity contribution is 0.747. The molecule has 5 heteroatoms. The Labute approximate surface area is 101 Å². The van der Waals surface area contributed by atoms with Gasteiger partial charge in [0.25, 0.3) is 0 Å². The minimum atomic E-state index is 0.133. The third-order valence-corrected chi connectivity index (χ3v) is 2.83. The van der Waals surface area contributed by atoms with Crippen LogP contribution in [0.1, 0.15) is 46.4 Å². The second kappa shape index (κ2) is 5.01. The van der Waals surface area contributed by atoms with Crippen LogP contribution in [0, 0.1) is 0 Å². The fraction of sp³-hybridized carbons (Fsp3) is 0.636. The Morgan fingerprint density at radius 2 is 1.94 bits per heavy atom. The summed E-state index contributed by atoms with van der Waals surface area (Å²) in [6.07, 6.45) is 0. The average Bonchev–Trinajstić information content (AvgIpc) is 2.14. The summed E-state index contributed by atoms with van der Waals surface area (Å²) in [5.41, 5.74) is 2.58. The summed E-state index contributed by atoms with van der Waals surface area (Å²) < 4.78 is 0.133. The number of hydrazine groups is 1. The number of thioether (sulfide) groups is 1. The van der Waals surface area contributed by atoms with E-state index in [4.69, 9.17) is 5.84 Å². The lowest BCUT2D eigenvalue weighted by Crippen LogP contribution is -2.13. The normalized spacial score (nSPS) is 11.9. The van der Waals surface area contributed by atoms with Gasteiger partial charge in [-0.1, -0.05) is 34.6 Å². The first-order chi connectivity index (χ1) is 7.31. The molecule has 0 unspecified atom stereocenters. The van der Waals surface area contributed by atoms with Crippen LogP contribution in [0.3, 0.4) is 0 Å². The third-order valence-electron chi connectivity index (χ3n) is 1.79. The molecule has 1 heterocycles. The third kappa shape index (κ3) is 3.98. The van der Waals surface area contributed by atoms with Gasteiger partial charge in [-0.2, -0.15) is 0 Å². The van der Waals surface area contributed by atoms with Gasteiger partial charge in [0.2, 0.25) is 0 Å². The summed E-state index contributed by atoms with van der Waals surface area (Å²) in [4.78, 5) is 8.84. The molecule has 0 aliphatic heterocycles. The Balaban J connectivity index is 3.04. The van der Waals surface area contributed by atoms with Gasteiger partial charge >= 0.3 is 0 Å². The number of nitrogens with one attached hydrogen (secondary N) is 1. The number of rotatable bonds is 3. The molecule has 0 aromatic carbocycles. The predicted octanol–water partition coefficient (Wildman–Crippen LogP) is 2.78. The SMILES string of the molecule is CC(C)c1nc(NN)cc(SC(C)(C)C)n1. The lowest BCUT2D eigenvalue weighted by Gasteiger charge is -2.18. The number of hydrogen-bond donors (Lipinski definition) is 2. The van der Waals surface area contributed by atoms with Crippen LogP contribution in [0.15, 0.2) is 11.1 Å². The molecule has 0 aliphatic carbocycles. The first-order valence-electron chi connectivity index (χ1n) is 5.36. The highest BCUT2D eigenvalue weighted by atomic mass is 32.2. The molecule has 0 bridgehead atoms. The Morgan fingerprint density at radius 3 is 2.38 bits per heavy atom. The number of anilines is 1. The molecule has 0 spiro atoms. The van der Waals surface area contributed by atoms with E-state index in [9.17, 15) is 0 Å². The van der Waals surface area contributed by atoms with Crippen molar-refractivity contribution < 1.29 is 0 Å². The number of aromatic nitrogens is 2. The van der Waals surface area contributed by atoms with Crippen LogP contribution >= 0.6 is 11.8 Å². The summed E-state index contributed by atoms with van der Waals surface area (Å²) in [7, 11) is 0. The molecular weight excluding hydrogens is 220 g/mol. The molecule has 0 saturated heterocycles. The highest BCUT2D eigenvalue weighted by Gasteiger charge is 2.15. The van der Waals surface area contributed by atoms with E-state index in [0.717, 1.165) is 10.9 Å². The molecular formula is C11H20N4S. The van der Waals surface area contributed by atoms with Crippen LogP contribution in [0.5, 0.6) is 0 Å². The molecule has 0 saturated carbocycles. The van der Waals surface area contributed by atoms with Gasteiger partial charge in [0.05, 0.1) is 0 Å². The highest BCUT2D eigenvalue weighted by molar-refractivity contribution is 8.00. The number of nitrogen functional groups attached to an aromatic ring is 1. The van der Waals surface area contributed by atoms with Crippen LogP contribution in [0.25, 0.3) is 0 Å². The smallest absolute Gasteiger partial charge is 0.144 e. The fourth-order valence-electron chi connectivity index (χ4n) is 1.14. The monoisotopic (exact) mass is 240 g/mol. The van der Waals surface area contributed by atoms with Crippen molar-refractivity contribution >= 4 is 17.6 Å². The van der Waals surface area contributed by atoms with Crippen molar-refractivity contribution in [3.05, 3.63) is 11.9 Å². The molecule has 1 aromatic heterocycles. The Morgan fingerprint density at radius 1 is 1.31 bits per heavy atom. The van der Waals surface area contributed by atoms with Crippen LogP contribution in [0.2, 0.25) is 0 Å². The van der Waals surface area contributed by atoms with Crippen LogP contribution < -0.4 is 11.3 Å². The van der Waals surface area contributed by atoms with E-state index in [1.165, 1.54) is 0 Å². The van der Waals surface area contributed by atoms with Gasteiger partial charge in [0, 0.05) is 16.7 Å². The van der Waals surface area contributed by atoms with Gasteiger partial charge in [0.1, 0.15) is 16.7 Å². The Bertz CT molecular complexity index is 357. The zero-order valence-corrected chi connectivity index (χ0v) is 11.4. The van der Waals surface area contributed by atoms with Crippen molar-refractivity contribution in [2.45, 2.75) is 50.3 Å². The number of hydrogen-bond acceptors (Lipinski definition) is 5. The van der Waals surface area contributed by atoms with Gasteiger partial charge in [-0.15, -0.1) is 11.8 Å². The minimum Gasteiger partial charge on any atom is -0.308 e. The van der Waals surface area contributed by atoms with Crippen molar-refractivity contribution in [2.75, 3.05) is 5.43 Å². The van der Waals surface area contributed by atoms with Crippen LogP contribution in [0.4, 0.5) is 5.82 Å². The van der Waals surface area contributed by atoms with Gasteiger partial charge in [0.15, 0.2) is 0 Å². The van der Waals surface area contributed by atoms with Gasteiger partial charge in [-0.05, 0) is 0 Å². The van der Waals surface area contributed by atoms with Crippen molar-refractivity contribution in [2.24, 2.45) is 5.84 Å². The van der Waals surface area contributed by atoms with Crippen LogP contribution in [-0.2, 0) is 0 Å². The molecule has 1 rings (SSSR count). The molecule has 0 fully saturated rings. The van der Waals surface area contributed by atoms with E-state index in [1.54, 1.807) is 11.8 Å². The summed E-state index contributed by atoms with van der Waals surface area (Å²) in [6.45, 7) is 10.6. The summed E-state index contributed by atoms with van der Waals surface area (Å²) in [6, 6.07) is 1.88. The largest absolute Gasteiger partial charge is 0.308 e. The van der Waals surface area contributed by atoms with E-state index >= 15 is 0 Å². The van der Waals surface area contributed by atoms with Gasteiger partial charge < -0.3 is 5.43 Å². The maximum Gasteiger partial charge on any atom is 0.144 e. The number of nitrogens with two attached hydrogens (primary N) is 1. The molecule has 3 N–H and O–H groups in total. The van der Waals surface area contributed by atoms with Gasteiger partial charge in [-0.25, -0.2) is 15.8 Å². The molecule has 0 amide bonds. The molecule has 90 valence electrons. The molecule has 0 aliphatic rings. The van der Waals surface area contributed by atoms with Crippen molar-refractivity contribution in [3.8, 4) is 0 Å². The van der Waals surface area contributed by atoms with Crippen molar-refractivity contribution in [1.82, 2.24) is 9.97 Å². The first kappa shape index (κ1) is 13.3. The molecule has 4 nitrogen and oxygen atoms in total. The van der Waals surface area contributed by atoms with E-state index in [-0.39, 0.29) is 4.75 Å². The topological polar surface area (TPSA) is 63.8 Å². The zero-order valence-electron chi connectivity index (χ0n) is 10.5. The maximum atomic E-state index is 5.40. The van der Waals surface area contributed by atoms with E-state index < -0.39 is 0 Å².